The molecular formula is C29H34N2O4. The minimum Gasteiger partial charge on any atom is -0.487 e. The molecule has 1 unspecified atom stereocenters. The molecule has 1 spiro atoms. The van der Waals surface area contributed by atoms with Crippen LogP contribution in [0.3, 0.4) is 0 Å². The summed E-state index contributed by atoms with van der Waals surface area (Å²) >= 11 is 0. The van der Waals surface area contributed by atoms with Gasteiger partial charge in [-0.3, -0.25) is 4.79 Å². The predicted octanol–water partition coefficient (Wildman–Crippen LogP) is 2.90. The van der Waals surface area contributed by atoms with Crippen molar-refractivity contribution in [3.05, 3.63) is 76.6 Å². The molecule has 35 heavy (non-hydrogen) atoms. The molecule has 5 aliphatic rings. The first-order valence-electron chi connectivity index (χ1n) is 12.6. The summed E-state index contributed by atoms with van der Waals surface area (Å²) in [6.45, 7) is 2.69. The highest BCUT2D eigenvalue weighted by Crippen LogP contribution is 2.66. The van der Waals surface area contributed by atoms with E-state index in [2.05, 4.69) is 24.1 Å². The van der Waals surface area contributed by atoms with E-state index in [0.29, 0.717) is 17.4 Å². The van der Waals surface area contributed by atoms with E-state index < -0.39 is 23.2 Å². The summed E-state index contributed by atoms with van der Waals surface area (Å²) in [5.74, 6) is 0.230. The minimum atomic E-state index is -1.79. The van der Waals surface area contributed by atoms with Gasteiger partial charge in [-0.15, -0.1) is 0 Å². The smallest absolute Gasteiger partial charge is 0.200 e. The Morgan fingerprint density at radius 2 is 1.94 bits per heavy atom. The van der Waals surface area contributed by atoms with Gasteiger partial charge in [0.1, 0.15) is 18.0 Å². The maximum Gasteiger partial charge on any atom is 0.200 e. The van der Waals surface area contributed by atoms with E-state index in [1.165, 1.54) is 5.57 Å². The second kappa shape index (κ2) is 7.66. The SMILES string of the molecule is CC(C(=O)C1(O)CC=C2C[C@@H]3[C@@H]4C=C[C@H](O)[C@@H]5OC1=C2[C@]45CCN3C)=C(c1ccccc1)N(C)C. The molecule has 0 aromatic heterocycles. The molecule has 6 rings (SSSR count). The second-order valence-electron chi connectivity index (χ2n) is 11.0. The number of carbonyl (C=O) groups excluding carboxylic acids is 1. The number of benzene rings is 1. The van der Waals surface area contributed by atoms with E-state index in [9.17, 15) is 15.0 Å². The quantitative estimate of drug-likeness (QED) is 0.517. The first-order chi connectivity index (χ1) is 16.7. The van der Waals surface area contributed by atoms with E-state index in [1.54, 1.807) is 6.92 Å². The standard InChI is InChI=1S/C29H34N2O4/c1-17(24(30(2)3)18-8-6-5-7-9-18)25(33)29(34)13-12-19-16-21-20-10-11-22(32)26-28(20,14-15-31(21)4)23(19)27(29)35-26/h5-12,20-22,26,32,34H,13-16H2,1-4H3/t20-,21+,22-,26-,28-,29?/m0/s1. The number of nitrogens with zero attached hydrogens (tertiary/aromatic N) is 2. The zero-order valence-corrected chi connectivity index (χ0v) is 20.9. The lowest BCUT2D eigenvalue weighted by atomic mass is 9.51. The summed E-state index contributed by atoms with van der Waals surface area (Å²) in [4.78, 5) is 18.5. The van der Waals surface area contributed by atoms with Gasteiger partial charge in [0.2, 0.25) is 0 Å². The third-order valence-corrected chi connectivity index (χ3v) is 9.06. The van der Waals surface area contributed by atoms with Gasteiger partial charge < -0.3 is 24.7 Å². The average Bonchev–Trinajstić information content (AvgIpc) is 3.20. The van der Waals surface area contributed by atoms with Crippen molar-refractivity contribution < 1.29 is 19.7 Å². The van der Waals surface area contributed by atoms with Crippen LogP contribution in [0.5, 0.6) is 0 Å². The van der Waals surface area contributed by atoms with Crippen LogP contribution in [-0.4, -0.2) is 77.3 Å². The Bertz CT molecular complexity index is 1210. The van der Waals surface area contributed by atoms with Crippen LogP contribution in [0.2, 0.25) is 0 Å². The molecule has 2 N–H and O–H groups in total. The van der Waals surface area contributed by atoms with Gasteiger partial charge >= 0.3 is 0 Å². The Balaban J connectivity index is 1.50. The zero-order chi connectivity index (χ0) is 24.7. The van der Waals surface area contributed by atoms with Crippen LogP contribution in [0.15, 0.2) is 71.0 Å². The number of Topliss-reactive ketones (excluding diaryl/α,β-unsaturated/α-hetero) is 1. The van der Waals surface area contributed by atoms with Crippen molar-refractivity contribution in [3.8, 4) is 0 Å². The van der Waals surface area contributed by atoms with Crippen molar-refractivity contribution in [2.45, 2.75) is 50.0 Å². The topological polar surface area (TPSA) is 73.2 Å². The van der Waals surface area contributed by atoms with Crippen molar-refractivity contribution in [3.63, 3.8) is 0 Å². The van der Waals surface area contributed by atoms with E-state index in [0.717, 1.165) is 36.2 Å². The first kappa shape index (κ1) is 22.8. The average molecular weight is 475 g/mol. The van der Waals surface area contributed by atoms with Crippen molar-refractivity contribution in [1.82, 2.24) is 9.80 Å². The zero-order valence-electron chi connectivity index (χ0n) is 20.9. The van der Waals surface area contributed by atoms with Crippen molar-refractivity contribution >= 4 is 11.5 Å². The third kappa shape index (κ3) is 2.90. The van der Waals surface area contributed by atoms with E-state index in [-0.39, 0.29) is 18.1 Å². The third-order valence-electron chi connectivity index (χ3n) is 9.06. The fourth-order valence-corrected chi connectivity index (χ4v) is 7.52. The van der Waals surface area contributed by atoms with Crippen LogP contribution in [-0.2, 0) is 9.53 Å². The number of hydrogen-bond donors (Lipinski definition) is 2. The van der Waals surface area contributed by atoms with Crippen molar-refractivity contribution in [2.24, 2.45) is 11.3 Å². The van der Waals surface area contributed by atoms with Gasteiger partial charge in [-0.05, 0) is 44.5 Å². The van der Waals surface area contributed by atoms with Crippen LogP contribution in [0.4, 0.5) is 0 Å². The molecule has 2 heterocycles. The molecule has 0 radical (unpaired) electrons. The first-order valence-corrected chi connectivity index (χ1v) is 12.6. The molecule has 1 saturated carbocycles. The molecule has 2 aliphatic heterocycles. The number of rotatable bonds is 4. The Hall–Kier alpha value is -2.67. The van der Waals surface area contributed by atoms with Gasteiger partial charge in [-0.2, -0.15) is 0 Å². The Labute approximate surface area is 206 Å². The molecule has 1 aromatic carbocycles. The number of aliphatic hydroxyl groups excluding tert-OH is 1. The lowest BCUT2D eigenvalue weighted by molar-refractivity contribution is -0.137. The van der Waals surface area contributed by atoms with Gasteiger partial charge in [-0.1, -0.05) is 48.6 Å². The Morgan fingerprint density at radius 1 is 1.20 bits per heavy atom. The van der Waals surface area contributed by atoms with Gasteiger partial charge in [-0.25, -0.2) is 0 Å². The monoisotopic (exact) mass is 474 g/mol. The minimum absolute atomic E-state index is 0.181. The van der Waals surface area contributed by atoms with Gasteiger partial charge in [0.25, 0.3) is 0 Å². The fourth-order valence-electron chi connectivity index (χ4n) is 7.52. The van der Waals surface area contributed by atoms with Gasteiger partial charge in [0, 0.05) is 49.0 Å². The van der Waals surface area contributed by atoms with E-state index in [1.807, 2.05) is 55.4 Å². The van der Waals surface area contributed by atoms with Crippen LogP contribution < -0.4 is 0 Å². The molecule has 2 fully saturated rings. The number of piperidine rings is 1. The Kier molecular flexibility index (Phi) is 4.99. The number of ketones is 1. The highest BCUT2D eigenvalue weighted by atomic mass is 16.5. The van der Waals surface area contributed by atoms with Gasteiger partial charge in [0.15, 0.2) is 11.4 Å². The van der Waals surface area contributed by atoms with Crippen LogP contribution >= 0.6 is 0 Å². The number of ether oxygens (including phenoxy) is 1. The number of carbonyl (C=O) groups is 1. The molecule has 3 aliphatic carbocycles. The number of aliphatic hydroxyl groups is 2. The molecule has 2 bridgehead atoms. The summed E-state index contributed by atoms with van der Waals surface area (Å²) in [6.07, 6.45) is 6.69. The van der Waals surface area contributed by atoms with Crippen molar-refractivity contribution in [1.29, 1.82) is 0 Å². The maximum atomic E-state index is 14.1. The summed E-state index contributed by atoms with van der Waals surface area (Å²) in [5, 5.41) is 23.1. The number of hydrogen-bond acceptors (Lipinski definition) is 6. The molecular weight excluding hydrogens is 440 g/mol. The normalized spacial score (nSPS) is 37.8. The second-order valence-corrected chi connectivity index (χ2v) is 11.0. The van der Waals surface area contributed by atoms with Crippen molar-refractivity contribution in [2.75, 3.05) is 27.7 Å². The molecule has 6 heteroatoms. The van der Waals surface area contributed by atoms with Gasteiger partial charge in [0.05, 0.1) is 5.70 Å². The Morgan fingerprint density at radius 3 is 2.66 bits per heavy atom. The summed E-state index contributed by atoms with van der Waals surface area (Å²) in [6, 6.07) is 10.1. The molecule has 6 nitrogen and oxygen atoms in total. The molecule has 6 atom stereocenters. The molecule has 1 aromatic rings. The van der Waals surface area contributed by atoms with E-state index in [4.69, 9.17) is 4.74 Å². The highest BCUT2D eigenvalue weighted by Gasteiger charge is 2.68. The number of likely N-dealkylation sites (tertiary alicyclic amines) is 1. The molecule has 1 saturated heterocycles. The van der Waals surface area contributed by atoms with E-state index >= 15 is 0 Å². The lowest BCUT2D eigenvalue weighted by Gasteiger charge is -2.58. The van der Waals surface area contributed by atoms with Crippen LogP contribution in [0.1, 0.15) is 31.7 Å². The summed E-state index contributed by atoms with van der Waals surface area (Å²) in [5.41, 5.74) is 2.17. The van der Waals surface area contributed by atoms with Crippen LogP contribution in [0.25, 0.3) is 5.70 Å². The maximum absolute atomic E-state index is 14.1. The molecule has 184 valence electrons. The largest absolute Gasteiger partial charge is 0.487 e. The molecule has 0 amide bonds. The fraction of sp³-hybridized carbons (Fsp3) is 0.483. The highest BCUT2D eigenvalue weighted by molar-refractivity contribution is 6.09. The van der Waals surface area contributed by atoms with Crippen LogP contribution in [0, 0.1) is 11.3 Å². The summed E-state index contributed by atoms with van der Waals surface area (Å²) < 4.78 is 6.52. The predicted molar refractivity (Wildman–Crippen MR) is 134 cm³/mol. The lowest BCUT2D eigenvalue weighted by Crippen LogP contribution is -2.62. The summed E-state index contributed by atoms with van der Waals surface area (Å²) in [7, 11) is 5.99.